The highest BCUT2D eigenvalue weighted by Gasteiger charge is 2.03. The van der Waals surface area contributed by atoms with Crippen molar-refractivity contribution in [2.24, 2.45) is 5.10 Å². The van der Waals surface area contributed by atoms with Gasteiger partial charge in [-0.2, -0.15) is 5.10 Å². The Morgan fingerprint density at radius 1 is 1.27 bits per heavy atom. The normalized spacial score (nSPS) is 11.5. The SMILES string of the molecule is CC(=NNC(=O)CSCc1cc(C)cc(C)c1)c1cccs1. The first-order valence-electron chi connectivity index (χ1n) is 7.06. The minimum Gasteiger partial charge on any atom is -0.272 e. The molecule has 0 aliphatic heterocycles. The van der Waals surface area contributed by atoms with E-state index in [9.17, 15) is 4.79 Å². The molecule has 0 bridgehead atoms. The van der Waals surface area contributed by atoms with Crippen molar-refractivity contribution in [2.45, 2.75) is 26.5 Å². The standard InChI is InChI=1S/C17H20N2OS2/c1-12-7-13(2)9-15(8-12)10-21-11-17(20)19-18-14(3)16-5-4-6-22-16/h4-9H,10-11H2,1-3H3,(H,19,20). The van der Waals surface area contributed by atoms with Gasteiger partial charge in [0.25, 0.3) is 0 Å². The van der Waals surface area contributed by atoms with Crippen LogP contribution in [0.4, 0.5) is 0 Å². The van der Waals surface area contributed by atoms with E-state index in [1.165, 1.54) is 16.7 Å². The van der Waals surface area contributed by atoms with E-state index in [0.717, 1.165) is 16.3 Å². The van der Waals surface area contributed by atoms with Crippen LogP contribution in [0.2, 0.25) is 0 Å². The molecule has 0 saturated heterocycles. The molecule has 1 N–H and O–H groups in total. The molecule has 0 saturated carbocycles. The first kappa shape index (κ1) is 16.8. The molecule has 1 aromatic carbocycles. The maximum atomic E-state index is 11.8. The Labute approximate surface area is 139 Å². The predicted octanol–water partition coefficient (Wildman–Crippen LogP) is 4.14. The van der Waals surface area contributed by atoms with Crippen molar-refractivity contribution < 1.29 is 4.79 Å². The third kappa shape index (κ3) is 5.31. The van der Waals surface area contributed by atoms with E-state index >= 15 is 0 Å². The van der Waals surface area contributed by atoms with Crippen molar-refractivity contribution in [3.8, 4) is 0 Å². The molecular formula is C17H20N2OS2. The summed E-state index contributed by atoms with van der Waals surface area (Å²) >= 11 is 3.22. The first-order chi connectivity index (χ1) is 10.5. The fourth-order valence-corrected chi connectivity index (χ4v) is 3.56. The monoisotopic (exact) mass is 332 g/mol. The second kappa shape index (κ2) is 8.15. The van der Waals surface area contributed by atoms with Crippen molar-refractivity contribution in [1.82, 2.24) is 5.43 Å². The fraction of sp³-hybridized carbons (Fsp3) is 0.294. The lowest BCUT2D eigenvalue weighted by Crippen LogP contribution is -2.21. The Hall–Kier alpha value is -1.59. The lowest BCUT2D eigenvalue weighted by molar-refractivity contribution is -0.118. The Balaban J connectivity index is 1.77. The molecule has 2 aromatic rings. The predicted molar refractivity (Wildman–Crippen MR) is 96.8 cm³/mol. The lowest BCUT2D eigenvalue weighted by Gasteiger charge is -2.05. The largest absolute Gasteiger partial charge is 0.272 e. The second-order valence-corrected chi connectivity index (χ2v) is 7.13. The maximum absolute atomic E-state index is 11.8. The molecule has 1 heterocycles. The molecule has 0 aliphatic rings. The third-order valence-corrected chi connectivity index (χ3v) is 4.99. The lowest BCUT2D eigenvalue weighted by atomic mass is 10.1. The number of aryl methyl sites for hydroxylation is 2. The Morgan fingerprint density at radius 2 is 2.00 bits per heavy atom. The van der Waals surface area contributed by atoms with Gasteiger partial charge >= 0.3 is 0 Å². The second-order valence-electron chi connectivity index (χ2n) is 5.20. The van der Waals surface area contributed by atoms with Crippen LogP contribution in [-0.2, 0) is 10.5 Å². The third-order valence-electron chi connectivity index (χ3n) is 3.01. The van der Waals surface area contributed by atoms with Crippen LogP contribution in [0, 0.1) is 13.8 Å². The molecule has 116 valence electrons. The van der Waals surface area contributed by atoms with Crippen LogP contribution in [-0.4, -0.2) is 17.4 Å². The molecule has 0 radical (unpaired) electrons. The minimum absolute atomic E-state index is 0.0646. The number of hydrogen-bond donors (Lipinski definition) is 1. The highest BCUT2D eigenvalue weighted by atomic mass is 32.2. The summed E-state index contributed by atoms with van der Waals surface area (Å²) in [6, 6.07) is 10.4. The van der Waals surface area contributed by atoms with Gasteiger partial charge in [-0.15, -0.1) is 23.1 Å². The number of thioether (sulfide) groups is 1. The average Bonchev–Trinajstić information content (AvgIpc) is 2.98. The summed E-state index contributed by atoms with van der Waals surface area (Å²) in [5, 5.41) is 6.13. The van der Waals surface area contributed by atoms with Gasteiger partial charge < -0.3 is 0 Å². The Bertz CT molecular complexity index is 643. The number of nitrogens with zero attached hydrogens (tertiary/aromatic N) is 1. The number of carbonyl (C=O) groups is 1. The van der Waals surface area contributed by atoms with Gasteiger partial charge in [0.1, 0.15) is 0 Å². The van der Waals surface area contributed by atoms with Crippen LogP contribution in [0.3, 0.4) is 0 Å². The van der Waals surface area contributed by atoms with Crippen molar-refractivity contribution in [3.63, 3.8) is 0 Å². The molecule has 5 heteroatoms. The van der Waals surface area contributed by atoms with Crippen LogP contribution in [0.15, 0.2) is 40.8 Å². The summed E-state index contributed by atoms with van der Waals surface area (Å²) in [5.41, 5.74) is 7.23. The number of rotatable bonds is 6. The number of thiophene rings is 1. The molecule has 0 spiro atoms. The van der Waals surface area contributed by atoms with E-state index in [2.05, 4.69) is 42.6 Å². The van der Waals surface area contributed by atoms with Crippen LogP contribution < -0.4 is 5.43 Å². The first-order valence-corrected chi connectivity index (χ1v) is 9.10. The number of hydrogen-bond acceptors (Lipinski definition) is 4. The van der Waals surface area contributed by atoms with E-state index in [1.54, 1.807) is 23.1 Å². The molecule has 0 unspecified atom stereocenters. The zero-order valence-electron chi connectivity index (χ0n) is 13.1. The van der Waals surface area contributed by atoms with Gasteiger partial charge in [-0.1, -0.05) is 35.4 Å². The van der Waals surface area contributed by atoms with E-state index in [4.69, 9.17) is 0 Å². The molecule has 0 fully saturated rings. The van der Waals surface area contributed by atoms with Gasteiger partial charge in [0.05, 0.1) is 11.5 Å². The molecule has 1 amide bonds. The molecule has 2 rings (SSSR count). The van der Waals surface area contributed by atoms with Crippen LogP contribution in [0.1, 0.15) is 28.5 Å². The zero-order valence-corrected chi connectivity index (χ0v) is 14.7. The smallest absolute Gasteiger partial charge is 0.250 e. The minimum atomic E-state index is -0.0646. The van der Waals surface area contributed by atoms with Crippen molar-refractivity contribution >= 4 is 34.7 Å². The number of benzene rings is 1. The van der Waals surface area contributed by atoms with E-state index in [-0.39, 0.29) is 5.91 Å². The van der Waals surface area contributed by atoms with E-state index in [1.807, 2.05) is 24.4 Å². The van der Waals surface area contributed by atoms with Gasteiger partial charge in [0.2, 0.25) is 5.91 Å². The quantitative estimate of drug-likeness (QED) is 0.638. The van der Waals surface area contributed by atoms with Gasteiger partial charge in [-0.05, 0) is 37.8 Å². The molecule has 0 atom stereocenters. The summed E-state index contributed by atoms with van der Waals surface area (Å²) < 4.78 is 0. The summed E-state index contributed by atoms with van der Waals surface area (Å²) in [4.78, 5) is 12.9. The number of nitrogens with one attached hydrogen (secondary N) is 1. The Morgan fingerprint density at radius 3 is 2.64 bits per heavy atom. The van der Waals surface area contributed by atoms with Gasteiger partial charge in [0.15, 0.2) is 0 Å². The topological polar surface area (TPSA) is 41.5 Å². The summed E-state index contributed by atoms with van der Waals surface area (Å²) in [7, 11) is 0. The van der Waals surface area contributed by atoms with E-state index < -0.39 is 0 Å². The zero-order chi connectivity index (χ0) is 15.9. The highest BCUT2D eigenvalue weighted by molar-refractivity contribution is 7.99. The number of hydrazone groups is 1. The van der Waals surface area contributed by atoms with Crippen molar-refractivity contribution in [2.75, 3.05) is 5.75 Å². The van der Waals surface area contributed by atoms with Gasteiger partial charge in [0, 0.05) is 10.6 Å². The van der Waals surface area contributed by atoms with Crippen LogP contribution in [0.5, 0.6) is 0 Å². The van der Waals surface area contributed by atoms with Crippen LogP contribution >= 0.6 is 23.1 Å². The van der Waals surface area contributed by atoms with Gasteiger partial charge in [-0.3, -0.25) is 4.79 Å². The van der Waals surface area contributed by atoms with Gasteiger partial charge in [-0.25, -0.2) is 5.43 Å². The molecule has 1 aromatic heterocycles. The average molecular weight is 332 g/mol. The maximum Gasteiger partial charge on any atom is 0.250 e. The molecular weight excluding hydrogens is 312 g/mol. The summed E-state index contributed by atoms with van der Waals surface area (Å²) in [6.45, 7) is 6.08. The fourth-order valence-electron chi connectivity index (χ4n) is 2.13. The number of amides is 1. The molecule has 3 nitrogen and oxygen atoms in total. The summed E-state index contributed by atoms with van der Waals surface area (Å²) in [5.74, 6) is 1.18. The molecule has 22 heavy (non-hydrogen) atoms. The summed E-state index contributed by atoms with van der Waals surface area (Å²) in [6.07, 6.45) is 0. The molecule has 0 aliphatic carbocycles. The van der Waals surface area contributed by atoms with Crippen molar-refractivity contribution in [3.05, 3.63) is 57.3 Å². The van der Waals surface area contributed by atoms with Crippen LogP contribution in [0.25, 0.3) is 0 Å². The van der Waals surface area contributed by atoms with Crippen molar-refractivity contribution in [1.29, 1.82) is 0 Å². The Kier molecular flexibility index (Phi) is 6.21. The number of carbonyl (C=O) groups excluding carboxylic acids is 1. The highest BCUT2D eigenvalue weighted by Crippen LogP contribution is 2.15. The van der Waals surface area contributed by atoms with E-state index in [0.29, 0.717) is 5.75 Å².